The largest absolute Gasteiger partial charge is 0.490 e. The van der Waals surface area contributed by atoms with Gasteiger partial charge in [0.25, 0.3) is 11.8 Å². The van der Waals surface area contributed by atoms with Crippen LogP contribution in [0.3, 0.4) is 0 Å². The van der Waals surface area contributed by atoms with Gasteiger partial charge in [0.15, 0.2) is 5.75 Å². The zero-order valence-electron chi connectivity index (χ0n) is 17.7. The summed E-state index contributed by atoms with van der Waals surface area (Å²) >= 11 is 0. The normalized spacial score (nSPS) is 27.3. The van der Waals surface area contributed by atoms with Crippen molar-refractivity contribution in [3.05, 3.63) is 40.0 Å². The smallest absolute Gasteiger partial charge is 0.315 e. The molecule has 3 aliphatic rings. The molecule has 2 amide bonds. The number of benzene rings is 1. The highest BCUT2D eigenvalue weighted by molar-refractivity contribution is 6.06. The molecule has 2 fully saturated rings. The van der Waals surface area contributed by atoms with Crippen LogP contribution in [-0.2, 0) is 9.59 Å². The van der Waals surface area contributed by atoms with Crippen molar-refractivity contribution in [1.29, 1.82) is 0 Å². The number of imide groups is 1. The summed E-state index contributed by atoms with van der Waals surface area (Å²) in [6, 6.07) is 2.87. The van der Waals surface area contributed by atoms with E-state index in [1.54, 1.807) is 13.0 Å². The number of carbonyl (C=O) groups is 2. The van der Waals surface area contributed by atoms with Gasteiger partial charge in [-0.15, -0.1) is 0 Å². The fourth-order valence-electron chi connectivity index (χ4n) is 4.61. The summed E-state index contributed by atoms with van der Waals surface area (Å²) in [6.07, 6.45) is 6.58. The summed E-state index contributed by atoms with van der Waals surface area (Å²) in [7, 11) is 0. The molecule has 2 bridgehead atoms. The fourth-order valence-corrected chi connectivity index (χ4v) is 4.61. The molecule has 9 nitrogen and oxygen atoms in total. The molecule has 0 aromatic heterocycles. The first-order valence-electron chi connectivity index (χ1n) is 10.6. The van der Waals surface area contributed by atoms with E-state index >= 15 is 0 Å². The number of ether oxygens (including phenoxy) is 2. The van der Waals surface area contributed by atoms with Crippen LogP contribution >= 0.6 is 0 Å². The lowest BCUT2D eigenvalue weighted by Crippen LogP contribution is -2.28. The van der Waals surface area contributed by atoms with Crippen molar-refractivity contribution in [3.63, 3.8) is 0 Å². The molecular weight excluding hydrogens is 402 g/mol. The Labute approximate surface area is 179 Å². The summed E-state index contributed by atoms with van der Waals surface area (Å²) in [6.45, 7) is 5.79. The van der Waals surface area contributed by atoms with Crippen molar-refractivity contribution >= 4 is 23.7 Å². The van der Waals surface area contributed by atoms with Crippen LogP contribution in [0.2, 0.25) is 0 Å². The number of carbonyl (C=O) groups excluding carboxylic acids is 2. The average Bonchev–Trinajstić information content (AvgIpc) is 3.42. The van der Waals surface area contributed by atoms with E-state index in [1.165, 1.54) is 12.3 Å². The molecule has 31 heavy (non-hydrogen) atoms. The highest BCUT2D eigenvalue weighted by Crippen LogP contribution is 2.52. The lowest BCUT2D eigenvalue weighted by atomic mass is 9.85. The number of nitro groups is 1. The number of amides is 2. The van der Waals surface area contributed by atoms with Crippen molar-refractivity contribution in [3.8, 4) is 11.5 Å². The predicted octanol–water partition coefficient (Wildman–Crippen LogP) is 3.31. The second-order valence-corrected chi connectivity index (χ2v) is 8.13. The van der Waals surface area contributed by atoms with Crippen LogP contribution in [0.25, 0.3) is 0 Å². The van der Waals surface area contributed by atoms with Crippen LogP contribution in [0.1, 0.15) is 39.2 Å². The molecule has 1 aromatic rings. The Morgan fingerprint density at radius 2 is 1.87 bits per heavy atom. The third kappa shape index (κ3) is 3.58. The standard InChI is InChI=1S/C22H25N3O6/c1-4-12(3)31-20-16(25(28)29)8-13(9-17(20)30-5-2)11-23-24-21(26)18-14-6-7-15(10-14)19(18)22(24)27/h6-9,11-12,14-15,18-19H,4-5,10H2,1-3H3/t12-,14+,15+,18-,19+/m1/s1. The summed E-state index contributed by atoms with van der Waals surface area (Å²) in [5.41, 5.74) is 0.0799. The molecule has 1 aromatic carbocycles. The number of nitro benzene ring substituents is 1. The van der Waals surface area contributed by atoms with Gasteiger partial charge in [0.2, 0.25) is 5.75 Å². The van der Waals surface area contributed by atoms with Crippen LogP contribution in [0.5, 0.6) is 11.5 Å². The SMILES string of the molecule is CCOc1cc(C=NN2C(=O)[C@@H]3[C@H](C2=O)[C@H]2C=C[C@H]3C2)cc([N+](=O)[O-])c1O[C@H](C)CC. The maximum absolute atomic E-state index is 12.8. The predicted molar refractivity (Wildman–Crippen MR) is 112 cm³/mol. The third-order valence-corrected chi connectivity index (χ3v) is 6.22. The van der Waals surface area contributed by atoms with E-state index in [0.717, 1.165) is 11.4 Å². The number of hydrazone groups is 1. The molecule has 5 atom stereocenters. The number of nitrogens with zero attached hydrogens (tertiary/aromatic N) is 3. The summed E-state index contributed by atoms with van der Waals surface area (Å²) in [4.78, 5) is 36.7. The molecular formula is C22H25N3O6. The molecule has 9 heteroatoms. The minimum atomic E-state index is -0.544. The van der Waals surface area contributed by atoms with E-state index in [0.29, 0.717) is 12.0 Å². The van der Waals surface area contributed by atoms with Gasteiger partial charge in [-0.2, -0.15) is 10.1 Å². The van der Waals surface area contributed by atoms with Crippen LogP contribution in [-0.4, -0.2) is 40.7 Å². The summed E-state index contributed by atoms with van der Waals surface area (Å²) < 4.78 is 11.3. The number of fused-ring (bicyclic) bond motifs is 5. The first-order valence-corrected chi connectivity index (χ1v) is 10.6. The third-order valence-electron chi connectivity index (χ3n) is 6.22. The van der Waals surface area contributed by atoms with Gasteiger partial charge in [0, 0.05) is 11.6 Å². The first kappa shape index (κ1) is 21.0. The highest BCUT2D eigenvalue weighted by Gasteiger charge is 2.59. The molecule has 4 rings (SSSR count). The molecule has 0 N–H and O–H groups in total. The van der Waals surface area contributed by atoms with Gasteiger partial charge in [0.1, 0.15) is 0 Å². The average molecular weight is 427 g/mol. The van der Waals surface area contributed by atoms with E-state index in [9.17, 15) is 19.7 Å². The van der Waals surface area contributed by atoms with E-state index in [2.05, 4.69) is 5.10 Å². The fraction of sp³-hybridized carbons (Fsp3) is 0.500. The number of rotatable bonds is 8. The van der Waals surface area contributed by atoms with E-state index in [4.69, 9.17) is 9.47 Å². The topological polar surface area (TPSA) is 111 Å². The molecule has 164 valence electrons. The van der Waals surface area contributed by atoms with Gasteiger partial charge < -0.3 is 9.47 Å². The zero-order valence-corrected chi connectivity index (χ0v) is 17.7. The van der Waals surface area contributed by atoms with Crippen LogP contribution in [0.15, 0.2) is 29.4 Å². The van der Waals surface area contributed by atoms with Crippen molar-refractivity contribution in [1.82, 2.24) is 5.01 Å². The van der Waals surface area contributed by atoms with Crippen LogP contribution in [0, 0.1) is 33.8 Å². The Hall–Kier alpha value is -3.23. The molecule has 1 saturated carbocycles. The Bertz CT molecular complexity index is 958. The second-order valence-electron chi connectivity index (χ2n) is 8.13. The minimum absolute atomic E-state index is 0.0591. The van der Waals surface area contributed by atoms with Gasteiger partial charge in [-0.3, -0.25) is 19.7 Å². The van der Waals surface area contributed by atoms with Crippen LogP contribution < -0.4 is 9.47 Å². The summed E-state index contributed by atoms with van der Waals surface area (Å²) in [5, 5.41) is 16.7. The van der Waals surface area contributed by atoms with Crippen molar-refractivity contribution < 1.29 is 24.0 Å². The van der Waals surface area contributed by atoms with Crippen molar-refractivity contribution in [2.24, 2.45) is 28.8 Å². The first-order chi connectivity index (χ1) is 14.8. The second kappa shape index (κ2) is 8.13. The van der Waals surface area contributed by atoms with Crippen LogP contribution in [0.4, 0.5) is 5.69 Å². The van der Waals surface area contributed by atoms with Gasteiger partial charge in [-0.25, -0.2) is 0 Å². The van der Waals surface area contributed by atoms with E-state index < -0.39 is 4.92 Å². The Morgan fingerprint density at radius 1 is 1.23 bits per heavy atom. The zero-order chi connectivity index (χ0) is 22.3. The number of allylic oxidation sites excluding steroid dienone is 2. The molecule has 2 aliphatic carbocycles. The Kier molecular flexibility index (Phi) is 5.51. The highest BCUT2D eigenvalue weighted by atomic mass is 16.6. The number of hydrogen-bond donors (Lipinski definition) is 0. The number of hydrogen-bond acceptors (Lipinski definition) is 7. The molecule has 1 heterocycles. The lowest BCUT2D eigenvalue weighted by Gasteiger charge is -2.17. The Balaban J connectivity index is 1.64. The molecule has 0 spiro atoms. The summed E-state index contributed by atoms with van der Waals surface area (Å²) in [5.74, 6) is -0.846. The van der Waals surface area contributed by atoms with Gasteiger partial charge in [0.05, 0.1) is 35.7 Å². The maximum atomic E-state index is 12.8. The van der Waals surface area contributed by atoms with E-state index in [-0.39, 0.29) is 65.4 Å². The molecule has 0 unspecified atom stereocenters. The van der Waals surface area contributed by atoms with Crippen molar-refractivity contribution in [2.75, 3.05) is 6.61 Å². The van der Waals surface area contributed by atoms with Crippen molar-refractivity contribution in [2.45, 2.75) is 39.7 Å². The maximum Gasteiger partial charge on any atom is 0.315 e. The molecule has 0 radical (unpaired) electrons. The monoisotopic (exact) mass is 427 g/mol. The molecule has 1 aliphatic heterocycles. The van der Waals surface area contributed by atoms with Gasteiger partial charge >= 0.3 is 5.69 Å². The van der Waals surface area contributed by atoms with Gasteiger partial charge in [-0.05, 0) is 44.6 Å². The van der Waals surface area contributed by atoms with E-state index in [1.807, 2.05) is 26.0 Å². The lowest BCUT2D eigenvalue weighted by molar-refractivity contribution is -0.386. The Morgan fingerprint density at radius 3 is 2.42 bits per heavy atom. The van der Waals surface area contributed by atoms with Gasteiger partial charge in [-0.1, -0.05) is 19.1 Å². The minimum Gasteiger partial charge on any atom is -0.490 e. The molecule has 1 saturated heterocycles. The quantitative estimate of drug-likeness (QED) is 0.207.